The monoisotopic (exact) mass is 301 g/mol. The molecule has 0 aromatic heterocycles. The zero-order valence-corrected chi connectivity index (χ0v) is 12.2. The Hall–Kier alpha value is -2.63. The lowest BCUT2D eigenvalue weighted by atomic mass is 10.1. The van der Waals surface area contributed by atoms with Crippen molar-refractivity contribution in [2.45, 2.75) is 25.4 Å². The van der Waals surface area contributed by atoms with Crippen LogP contribution in [0, 0.1) is 0 Å². The lowest BCUT2D eigenvalue weighted by Gasteiger charge is -2.22. The fourth-order valence-corrected chi connectivity index (χ4v) is 2.50. The highest BCUT2D eigenvalue weighted by atomic mass is 16.2. The van der Waals surface area contributed by atoms with E-state index >= 15 is 0 Å². The maximum Gasteiger partial charge on any atom is 0.254 e. The van der Waals surface area contributed by atoms with Crippen LogP contribution < -0.4 is 11.1 Å². The van der Waals surface area contributed by atoms with Crippen LogP contribution in [0.5, 0.6) is 0 Å². The molecule has 1 aliphatic rings. The van der Waals surface area contributed by atoms with Gasteiger partial charge in [-0.2, -0.15) is 0 Å². The molecule has 1 aliphatic heterocycles. The summed E-state index contributed by atoms with van der Waals surface area (Å²) in [4.78, 5) is 36.4. The number of likely N-dealkylation sites (tertiary alicyclic amines) is 1. The summed E-state index contributed by atoms with van der Waals surface area (Å²) < 4.78 is 0. The number of carbonyl (C=O) groups excluding carboxylic acids is 3. The number of rotatable bonds is 5. The van der Waals surface area contributed by atoms with Crippen LogP contribution in [0.4, 0.5) is 0 Å². The van der Waals surface area contributed by atoms with Gasteiger partial charge in [-0.05, 0) is 36.6 Å². The Morgan fingerprint density at radius 3 is 2.59 bits per heavy atom. The zero-order valence-electron chi connectivity index (χ0n) is 12.2. The van der Waals surface area contributed by atoms with Crippen molar-refractivity contribution in [3.8, 4) is 0 Å². The van der Waals surface area contributed by atoms with E-state index in [-0.39, 0.29) is 11.8 Å². The average molecular weight is 301 g/mol. The highest BCUT2D eigenvalue weighted by Crippen LogP contribution is 2.20. The molecule has 1 heterocycles. The minimum absolute atomic E-state index is 0.192. The van der Waals surface area contributed by atoms with Gasteiger partial charge >= 0.3 is 0 Å². The molecule has 1 atom stereocenters. The van der Waals surface area contributed by atoms with E-state index in [1.54, 1.807) is 24.3 Å². The Morgan fingerprint density at radius 2 is 2.00 bits per heavy atom. The fraction of sp³-hybridized carbons (Fsp3) is 0.312. The van der Waals surface area contributed by atoms with Crippen molar-refractivity contribution in [3.05, 3.63) is 48.0 Å². The van der Waals surface area contributed by atoms with Crippen molar-refractivity contribution in [1.82, 2.24) is 10.2 Å². The molecule has 0 unspecified atom stereocenters. The number of nitrogens with zero attached hydrogens (tertiary/aromatic N) is 1. The Bertz CT molecular complexity index is 595. The first-order chi connectivity index (χ1) is 10.5. The van der Waals surface area contributed by atoms with Gasteiger partial charge in [0, 0.05) is 18.7 Å². The Morgan fingerprint density at radius 1 is 1.32 bits per heavy atom. The number of nitrogens with one attached hydrogen (secondary N) is 1. The molecule has 3 amide bonds. The van der Waals surface area contributed by atoms with E-state index < -0.39 is 11.9 Å². The first kappa shape index (κ1) is 15.8. The number of hydrogen-bond donors (Lipinski definition) is 2. The first-order valence-electron chi connectivity index (χ1n) is 7.12. The van der Waals surface area contributed by atoms with Crippen molar-refractivity contribution in [1.29, 1.82) is 0 Å². The molecule has 0 aliphatic carbocycles. The molecule has 116 valence electrons. The van der Waals surface area contributed by atoms with Crippen LogP contribution in [0.25, 0.3) is 0 Å². The molecule has 22 heavy (non-hydrogen) atoms. The normalized spacial score (nSPS) is 17.1. The summed E-state index contributed by atoms with van der Waals surface area (Å²) >= 11 is 0. The van der Waals surface area contributed by atoms with E-state index in [2.05, 4.69) is 11.9 Å². The Balaban J connectivity index is 2.03. The molecule has 1 fully saturated rings. The van der Waals surface area contributed by atoms with E-state index in [9.17, 15) is 14.4 Å². The molecular formula is C16H19N3O3. The molecule has 0 spiro atoms. The van der Waals surface area contributed by atoms with Gasteiger partial charge in [0.15, 0.2) is 0 Å². The zero-order chi connectivity index (χ0) is 16.1. The quantitative estimate of drug-likeness (QED) is 0.779. The Labute approximate surface area is 129 Å². The largest absolute Gasteiger partial charge is 0.368 e. The molecule has 0 radical (unpaired) electrons. The molecule has 6 nitrogen and oxygen atoms in total. The molecule has 2 rings (SSSR count). The van der Waals surface area contributed by atoms with E-state index in [1.165, 1.54) is 11.0 Å². The van der Waals surface area contributed by atoms with Gasteiger partial charge < -0.3 is 16.0 Å². The third-order valence-corrected chi connectivity index (χ3v) is 3.70. The summed E-state index contributed by atoms with van der Waals surface area (Å²) in [7, 11) is 0. The second-order valence-electron chi connectivity index (χ2n) is 5.18. The third kappa shape index (κ3) is 3.52. The van der Waals surface area contributed by atoms with Gasteiger partial charge in [-0.3, -0.25) is 14.4 Å². The van der Waals surface area contributed by atoms with Crippen molar-refractivity contribution < 1.29 is 14.4 Å². The first-order valence-corrected chi connectivity index (χ1v) is 7.12. The number of benzene rings is 1. The lowest BCUT2D eigenvalue weighted by Crippen LogP contribution is -2.43. The number of carbonyl (C=O) groups is 3. The molecule has 0 saturated carbocycles. The van der Waals surface area contributed by atoms with Crippen LogP contribution in [0.15, 0.2) is 36.9 Å². The van der Waals surface area contributed by atoms with E-state index in [0.29, 0.717) is 25.1 Å². The summed E-state index contributed by atoms with van der Waals surface area (Å²) in [5.74, 6) is -0.904. The molecule has 0 bridgehead atoms. The van der Waals surface area contributed by atoms with Crippen molar-refractivity contribution in [2.75, 3.05) is 6.54 Å². The highest BCUT2D eigenvalue weighted by Gasteiger charge is 2.32. The van der Waals surface area contributed by atoms with Crippen LogP contribution in [0.1, 0.15) is 28.8 Å². The highest BCUT2D eigenvalue weighted by molar-refractivity contribution is 5.97. The van der Waals surface area contributed by atoms with Crippen LogP contribution in [-0.4, -0.2) is 35.2 Å². The minimum atomic E-state index is -0.515. The Kier molecular flexibility index (Phi) is 4.93. The predicted molar refractivity (Wildman–Crippen MR) is 81.7 cm³/mol. The second-order valence-corrected chi connectivity index (χ2v) is 5.18. The molecular weight excluding hydrogens is 282 g/mol. The van der Waals surface area contributed by atoms with Crippen LogP contribution in [0.3, 0.4) is 0 Å². The smallest absolute Gasteiger partial charge is 0.254 e. The third-order valence-electron chi connectivity index (χ3n) is 3.70. The van der Waals surface area contributed by atoms with Crippen LogP contribution >= 0.6 is 0 Å². The number of primary amides is 1. The van der Waals surface area contributed by atoms with Crippen molar-refractivity contribution in [3.63, 3.8) is 0 Å². The van der Waals surface area contributed by atoms with Gasteiger partial charge in [0.05, 0.1) is 0 Å². The summed E-state index contributed by atoms with van der Waals surface area (Å²) in [6, 6.07) is 6.40. The van der Waals surface area contributed by atoms with E-state index in [4.69, 9.17) is 5.73 Å². The summed E-state index contributed by atoms with van der Waals surface area (Å²) in [5, 5.41) is 2.66. The topological polar surface area (TPSA) is 92.5 Å². The minimum Gasteiger partial charge on any atom is -0.368 e. The standard InChI is InChI=1S/C16H19N3O3/c1-2-14(20)18-10-11-5-7-12(8-6-11)16(22)19-9-3-4-13(19)15(17)21/h2,5-8,13H,1,3-4,9-10H2,(H2,17,21)(H,18,20)/t13-/m1/s1. The second kappa shape index (κ2) is 6.89. The number of nitrogens with two attached hydrogens (primary N) is 1. The van der Waals surface area contributed by atoms with Crippen molar-refractivity contribution >= 4 is 17.7 Å². The summed E-state index contributed by atoms with van der Waals surface area (Å²) in [5.41, 5.74) is 6.71. The van der Waals surface area contributed by atoms with E-state index in [0.717, 1.165) is 12.0 Å². The van der Waals surface area contributed by atoms with E-state index in [1.807, 2.05) is 0 Å². The summed E-state index contributed by atoms with van der Waals surface area (Å²) in [6.45, 7) is 4.29. The van der Waals surface area contributed by atoms with Gasteiger partial charge in [0.25, 0.3) is 5.91 Å². The maximum absolute atomic E-state index is 12.4. The van der Waals surface area contributed by atoms with Gasteiger partial charge in [0.2, 0.25) is 11.8 Å². The molecule has 6 heteroatoms. The van der Waals surface area contributed by atoms with Gasteiger partial charge in [0.1, 0.15) is 6.04 Å². The molecule has 1 saturated heterocycles. The molecule has 1 aromatic carbocycles. The van der Waals surface area contributed by atoms with Gasteiger partial charge in [-0.25, -0.2) is 0 Å². The fourth-order valence-electron chi connectivity index (χ4n) is 2.50. The lowest BCUT2D eigenvalue weighted by molar-refractivity contribution is -0.121. The molecule has 1 aromatic rings. The average Bonchev–Trinajstić information content (AvgIpc) is 3.02. The van der Waals surface area contributed by atoms with Crippen LogP contribution in [-0.2, 0) is 16.1 Å². The van der Waals surface area contributed by atoms with Gasteiger partial charge in [-0.15, -0.1) is 0 Å². The predicted octanol–water partition coefficient (Wildman–Crippen LogP) is 0.579. The van der Waals surface area contributed by atoms with Crippen molar-refractivity contribution in [2.24, 2.45) is 5.73 Å². The van der Waals surface area contributed by atoms with Gasteiger partial charge in [-0.1, -0.05) is 18.7 Å². The SMILES string of the molecule is C=CC(=O)NCc1ccc(C(=O)N2CCC[C@@H]2C(N)=O)cc1. The molecule has 3 N–H and O–H groups in total. The number of amides is 3. The maximum atomic E-state index is 12.4. The van der Waals surface area contributed by atoms with Crippen LogP contribution in [0.2, 0.25) is 0 Å². The summed E-state index contributed by atoms with van der Waals surface area (Å²) in [6.07, 6.45) is 2.60. The number of hydrogen-bond acceptors (Lipinski definition) is 3.